The standard InChI is InChI=1S/C14H23N3O/c1-2-13(10-14(15)16)17(8-9-18)11-12-6-4-3-5-7-12/h3-7,13,18H,2,8-11H2,1H3,(H3,15,16). The van der Waals surface area contributed by atoms with Crippen molar-refractivity contribution in [3.05, 3.63) is 35.9 Å². The Labute approximate surface area is 109 Å². The van der Waals surface area contributed by atoms with E-state index in [1.807, 2.05) is 18.2 Å². The maximum Gasteiger partial charge on any atom is 0.0921 e. The third kappa shape index (κ3) is 4.85. The van der Waals surface area contributed by atoms with Crippen molar-refractivity contribution in [3.63, 3.8) is 0 Å². The van der Waals surface area contributed by atoms with Crippen LogP contribution in [0.3, 0.4) is 0 Å². The molecule has 0 fully saturated rings. The number of hydrogen-bond acceptors (Lipinski definition) is 3. The molecule has 0 radical (unpaired) electrons. The Kier molecular flexibility index (Phi) is 6.39. The van der Waals surface area contributed by atoms with Gasteiger partial charge in [0.05, 0.1) is 12.4 Å². The summed E-state index contributed by atoms with van der Waals surface area (Å²) in [5, 5.41) is 16.6. The van der Waals surface area contributed by atoms with Crippen molar-refractivity contribution in [2.45, 2.75) is 32.4 Å². The van der Waals surface area contributed by atoms with Gasteiger partial charge in [0.1, 0.15) is 0 Å². The van der Waals surface area contributed by atoms with Crippen LogP contribution >= 0.6 is 0 Å². The van der Waals surface area contributed by atoms with E-state index in [1.54, 1.807) is 0 Å². The predicted molar refractivity (Wildman–Crippen MR) is 74.5 cm³/mol. The minimum atomic E-state index is 0.126. The first-order valence-electron chi connectivity index (χ1n) is 6.39. The molecule has 18 heavy (non-hydrogen) atoms. The third-order valence-corrected chi connectivity index (χ3v) is 3.06. The fourth-order valence-electron chi connectivity index (χ4n) is 2.12. The molecule has 0 amide bonds. The van der Waals surface area contributed by atoms with Crippen LogP contribution in [0, 0.1) is 5.41 Å². The lowest BCUT2D eigenvalue weighted by molar-refractivity contribution is 0.142. The van der Waals surface area contributed by atoms with E-state index in [1.165, 1.54) is 5.56 Å². The number of nitrogens with two attached hydrogens (primary N) is 1. The van der Waals surface area contributed by atoms with Crippen LogP contribution in [0.4, 0.5) is 0 Å². The lowest BCUT2D eigenvalue weighted by atomic mass is 10.1. The zero-order valence-electron chi connectivity index (χ0n) is 11.0. The number of nitrogens with one attached hydrogen (secondary N) is 1. The van der Waals surface area contributed by atoms with E-state index >= 15 is 0 Å². The molecule has 0 saturated heterocycles. The summed E-state index contributed by atoms with van der Waals surface area (Å²) >= 11 is 0. The summed E-state index contributed by atoms with van der Waals surface area (Å²) in [6.45, 7) is 3.61. The lowest BCUT2D eigenvalue weighted by Gasteiger charge is -2.30. The van der Waals surface area contributed by atoms with Gasteiger partial charge in [0.25, 0.3) is 0 Å². The molecule has 4 nitrogen and oxygen atoms in total. The molecule has 4 heteroatoms. The topological polar surface area (TPSA) is 73.3 Å². The first kappa shape index (κ1) is 14.7. The normalized spacial score (nSPS) is 12.6. The Hall–Kier alpha value is -1.39. The molecule has 1 rings (SSSR count). The van der Waals surface area contributed by atoms with Crippen LogP contribution < -0.4 is 5.73 Å². The first-order valence-corrected chi connectivity index (χ1v) is 6.39. The molecule has 100 valence electrons. The van der Waals surface area contributed by atoms with Gasteiger partial charge in [-0.2, -0.15) is 0 Å². The quantitative estimate of drug-likeness (QED) is 0.484. The van der Waals surface area contributed by atoms with Gasteiger partial charge in [-0.05, 0) is 12.0 Å². The summed E-state index contributed by atoms with van der Waals surface area (Å²) < 4.78 is 0. The zero-order chi connectivity index (χ0) is 13.4. The van der Waals surface area contributed by atoms with E-state index in [0.29, 0.717) is 13.0 Å². The number of benzene rings is 1. The second-order valence-electron chi connectivity index (χ2n) is 4.47. The molecule has 0 aromatic heterocycles. The first-order chi connectivity index (χ1) is 8.67. The monoisotopic (exact) mass is 249 g/mol. The molecule has 1 aromatic rings. The average Bonchev–Trinajstić information content (AvgIpc) is 2.36. The highest BCUT2D eigenvalue weighted by Crippen LogP contribution is 2.13. The summed E-state index contributed by atoms with van der Waals surface area (Å²) in [4.78, 5) is 2.19. The molecule has 0 heterocycles. The van der Waals surface area contributed by atoms with Gasteiger partial charge in [0.15, 0.2) is 0 Å². The molecule has 1 unspecified atom stereocenters. The van der Waals surface area contributed by atoms with E-state index < -0.39 is 0 Å². The lowest BCUT2D eigenvalue weighted by Crippen LogP contribution is -2.39. The van der Waals surface area contributed by atoms with Gasteiger partial charge in [0, 0.05) is 25.6 Å². The minimum Gasteiger partial charge on any atom is -0.395 e. The summed E-state index contributed by atoms with van der Waals surface area (Å²) in [5.41, 5.74) is 6.71. The molecule has 0 aliphatic carbocycles. The Morgan fingerprint density at radius 3 is 2.56 bits per heavy atom. The molecular formula is C14H23N3O. The van der Waals surface area contributed by atoms with E-state index in [0.717, 1.165) is 13.0 Å². The van der Waals surface area contributed by atoms with Crippen molar-refractivity contribution >= 4 is 5.84 Å². The predicted octanol–water partition coefficient (Wildman–Crippen LogP) is 1.59. The Balaban J connectivity index is 2.70. The Bertz CT molecular complexity index is 353. The second kappa shape index (κ2) is 7.84. The van der Waals surface area contributed by atoms with Gasteiger partial charge < -0.3 is 10.8 Å². The number of aliphatic hydroxyl groups excluding tert-OH is 1. The van der Waals surface area contributed by atoms with Gasteiger partial charge in [-0.1, -0.05) is 37.3 Å². The van der Waals surface area contributed by atoms with Crippen LogP contribution in [0.5, 0.6) is 0 Å². The minimum absolute atomic E-state index is 0.126. The van der Waals surface area contributed by atoms with Crippen LogP contribution in [0.2, 0.25) is 0 Å². The van der Waals surface area contributed by atoms with Gasteiger partial charge in [0.2, 0.25) is 0 Å². The smallest absolute Gasteiger partial charge is 0.0921 e. The highest BCUT2D eigenvalue weighted by molar-refractivity contribution is 5.77. The fraction of sp³-hybridized carbons (Fsp3) is 0.500. The molecular weight excluding hydrogens is 226 g/mol. The average molecular weight is 249 g/mol. The Morgan fingerprint density at radius 2 is 2.06 bits per heavy atom. The summed E-state index contributed by atoms with van der Waals surface area (Å²) in [7, 11) is 0. The van der Waals surface area contributed by atoms with Crippen molar-refractivity contribution in [1.82, 2.24) is 4.90 Å². The number of rotatable bonds is 8. The van der Waals surface area contributed by atoms with Crippen LogP contribution in [-0.2, 0) is 6.54 Å². The molecule has 0 saturated carbocycles. The number of amidine groups is 1. The van der Waals surface area contributed by atoms with Crippen molar-refractivity contribution < 1.29 is 5.11 Å². The molecule has 4 N–H and O–H groups in total. The summed E-state index contributed by atoms with van der Waals surface area (Å²) in [6, 6.07) is 10.4. The van der Waals surface area contributed by atoms with E-state index in [-0.39, 0.29) is 18.5 Å². The molecule has 1 aromatic carbocycles. The molecule has 0 aliphatic heterocycles. The third-order valence-electron chi connectivity index (χ3n) is 3.06. The number of nitrogens with zero attached hydrogens (tertiary/aromatic N) is 1. The van der Waals surface area contributed by atoms with Gasteiger partial charge in [-0.25, -0.2) is 0 Å². The summed E-state index contributed by atoms with van der Waals surface area (Å²) in [6.07, 6.45) is 1.48. The maximum absolute atomic E-state index is 9.17. The number of hydrogen-bond donors (Lipinski definition) is 3. The van der Waals surface area contributed by atoms with Crippen molar-refractivity contribution in [3.8, 4) is 0 Å². The van der Waals surface area contributed by atoms with Crippen LogP contribution in [0.1, 0.15) is 25.3 Å². The van der Waals surface area contributed by atoms with Crippen molar-refractivity contribution in [2.75, 3.05) is 13.2 Å². The number of aliphatic hydroxyl groups is 1. The zero-order valence-corrected chi connectivity index (χ0v) is 11.0. The van der Waals surface area contributed by atoms with E-state index in [9.17, 15) is 0 Å². The van der Waals surface area contributed by atoms with Crippen LogP contribution in [-0.4, -0.2) is 35.0 Å². The van der Waals surface area contributed by atoms with Crippen LogP contribution in [0.15, 0.2) is 30.3 Å². The second-order valence-corrected chi connectivity index (χ2v) is 4.47. The molecule has 0 aliphatic rings. The SMILES string of the molecule is CCC(CC(=N)N)N(CCO)Cc1ccccc1. The van der Waals surface area contributed by atoms with Crippen molar-refractivity contribution in [2.24, 2.45) is 5.73 Å². The summed E-state index contributed by atoms with van der Waals surface area (Å²) in [5.74, 6) is 0.206. The van der Waals surface area contributed by atoms with Gasteiger partial charge in [-0.3, -0.25) is 10.3 Å². The van der Waals surface area contributed by atoms with E-state index in [2.05, 4.69) is 24.0 Å². The maximum atomic E-state index is 9.17. The fourth-order valence-corrected chi connectivity index (χ4v) is 2.12. The Morgan fingerprint density at radius 1 is 1.39 bits per heavy atom. The van der Waals surface area contributed by atoms with Crippen molar-refractivity contribution in [1.29, 1.82) is 5.41 Å². The highest BCUT2D eigenvalue weighted by atomic mass is 16.3. The molecule has 0 spiro atoms. The molecule has 0 bridgehead atoms. The van der Waals surface area contributed by atoms with Gasteiger partial charge >= 0.3 is 0 Å². The van der Waals surface area contributed by atoms with Crippen LogP contribution in [0.25, 0.3) is 0 Å². The van der Waals surface area contributed by atoms with E-state index in [4.69, 9.17) is 16.2 Å². The highest BCUT2D eigenvalue weighted by Gasteiger charge is 2.17. The largest absolute Gasteiger partial charge is 0.395 e. The molecule has 1 atom stereocenters. The van der Waals surface area contributed by atoms with Gasteiger partial charge in [-0.15, -0.1) is 0 Å².